The second kappa shape index (κ2) is 10.2. The number of hydrogen-bond donors (Lipinski definition) is 3. The van der Waals surface area contributed by atoms with Crippen LogP contribution >= 0.6 is 0 Å². The predicted molar refractivity (Wildman–Crippen MR) is 148 cm³/mol. The van der Waals surface area contributed by atoms with E-state index in [4.69, 9.17) is 15.9 Å². The van der Waals surface area contributed by atoms with Crippen molar-refractivity contribution in [1.82, 2.24) is 0 Å². The van der Waals surface area contributed by atoms with Gasteiger partial charge >= 0.3 is 0 Å². The summed E-state index contributed by atoms with van der Waals surface area (Å²) in [6.45, 7) is 10.5. The van der Waals surface area contributed by atoms with E-state index in [0.717, 1.165) is 35.3 Å². The molecule has 1 fully saturated rings. The van der Waals surface area contributed by atoms with Crippen LogP contribution in [0.3, 0.4) is 0 Å². The molecule has 2 aromatic carbocycles. The monoisotopic (exact) mass is 502 g/mol. The second-order valence-corrected chi connectivity index (χ2v) is 11.4. The first-order valence-corrected chi connectivity index (χ1v) is 12.9. The number of ether oxygens (including phenoxy) is 2. The van der Waals surface area contributed by atoms with Crippen LogP contribution in [0.1, 0.15) is 69.7 Å². The van der Waals surface area contributed by atoms with Crippen LogP contribution in [0.15, 0.2) is 35.9 Å². The summed E-state index contributed by atoms with van der Waals surface area (Å²) < 4.78 is 12.6. The van der Waals surface area contributed by atoms with Crippen LogP contribution in [0, 0.1) is 23.7 Å². The Labute approximate surface area is 220 Å². The van der Waals surface area contributed by atoms with E-state index in [9.17, 15) is 15.3 Å². The van der Waals surface area contributed by atoms with Gasteiger partial charge in [-0.25, -0.2) is 0 Å². The molecule has 0 radical (unpaired) electrons. The highest BCUT2D eigenvalue weighted by Crippen LogP contribution is 2.55. The number of benzene rings is 2. The fourth-order valence-electron chi connectivity index (χ4n) is 5.78. The summed E-state index contributed by atoms with van der Waals surface area (Å²) >= 11 is 0. The van der Waals surface area contributed by atoms with Gasteiger partial charge in [-0.15, -0.1) is 6.42 Å². The lowest BCUT2D eigenvalue weighted by Crippen LogP contribution is -2.58. The Hall–Kier alpha value is -3.36. The van der Waals surface area contributed by atoms with Gasteiger partial charge in [-0.3, -0.25) is 0 Å². The van der Waals surface area contributed by atoms with Crippen LogP contribution in [0.25, 0.3) is 12.2 Å². The molecule has 0 aromatic heterocycles. The first kappa shape index (κ1) is 26.7. The van der Waals surface area contributed by atoms with Crippen molar-refractivity contribution in [3.8, 4) is 35.3 Å². The van der Waals surface area contributed by atoms with Crippen molar-refractivity contribution in [1.29, 1.82) is 0 Å². The molecule has 0 saturated heterocycles. The van der Waals surface area contributed by atoms with Crippen molar-refractivity contribution < 1.29 is 24.8 Å². The van der Waals surface area contributed by atoms with Crippen LogP contribution in [0.2, 0.25) is 0 Å². The molecule has 196 valence electrons. The SMILES string of the molecule is C#CCOc1cc(/C=C/c2cc(O)c(CC=C(C)C)c(O)c2)cc2c1O[C@]1(C)CC[C@@H](O)C(C)(C)[C@H]1C2. The minimum Gasteiger partial charge on any atom is -0.507 e. The van der Waals surface area contributed by atoms with E-state index in [0.29, 0.717) is 29.7 Å². The Balaban J connectivity index is 1.69. The van der Waals surface area contributed by atoms with E-state index in [-0.39, 0.29) is 35.5 Å². The molecule has 1 saturated carbocycles. The minimum atomic E-state index is -0.399. The van der Waals surface area contributed by atoms with E-state index in [2.05, 4.69) is 32.8 Å². The molecule has 5 nitrogen and oxygen atoms in total. The van der Waals surface area contributed by atoms with Crippen molar-refractivity contribution in [3.63, 3.8) is 0 Å². The Kier molecular flexibility index (Phi) is 7.35. The fourth-order valence-corrected chi connectivity index (χ4v) is 5.78. The Morgan fingerprint density at radius 2 is 1.76 bits per heavy atom. The van der Waals surface area contributed by atoms with Gasteiger partial charge in [0.2, 0.25) is 0 Å². The van der Waals surface area contributed by atoms with Crippen molar-refractivity contribution in [2.45, 2.75) is 72.0 Å². The number of aliphatic hydroxyl groups excluding tert-OH is 1. The number of allylic oxidation sites excluding steroid dienone is 2. The Morgan fingerprint density at radius 3 is 2.38 bits per heavy atom. The zero-order valence-electron chi connectivity index (χ0n) is 22.5. The first-order chi connectivity index (χ1) is 17.4. The molecule has 2 aromatic rings. The summed E-state index contributed by atoms with van der Waals surface area (Å²) in [7, 11) is 0. The number of rotatable bonds is 6. The van der Waals surface area contributed by atoms with E-state index < -0.39 is 5.60 Å². The molecule has 3 N–H and O–H groups in total. The van der Waals surface area contributed by atoms with Crippen LogP contribution in [0.5, 0.6) is 23.0 Å². The molecule has 1 heterocycles. The standard InChI is InChI=1S/C32H38O5/c1-7-14-36-27-18-21(9-10-22-16-25(33)24(26(34)17-22)11-8-20(2)3)15-23-19-28-31(4,5)29(35)12-13-32(28,6)37-30(23)27/h1,8-10,15-18,28-29,33-35H,11-14,19H2,2-6H3/b10-9+/t28-,29-,32-/m1/s1. The fraction of sp³-hybridized carbons (Fsp3) is 0.438. The number of hydrogen-bond acceptors (Lipinski definition) is 5. The molecule has 0 amide bonds. The largest absolute Gasteiger partial charge is 0.507 e. The van der Waals surface area contributed by atoms with Gasteiger partial charge in [-0.1, -0.05) is 43.6 Å². The summed E-state index contributed by atoms with van der Waals surface area (Å²) in [5.74, 6) is 4.11. The molecule has 37 heavy (non-hydrogen) atoms. The molecular weight excluding hydrogens is 464 g/mol. The summed E-state index contributed by atoms with van der Waals surface area (Å²) in [6, 6.07) is 7.29. The predicted octanol–water partition coefficient (Wildman–Crippen LogP) is 6.28. The zero-order valence-corrected chi connectivity index (χ0v) is 22.5. The Morgan fingerprint density at radius 1 is 1.11 bits per heavy atom. The van der Waals surface area contributed by atoms with E-state index in [1.807, 2.05) is 38.1 Å². The van der Waals surface area contributed by atoms with Gasteiger partial charge in [0.1, 0.15) is 23.7 Å². The van der Waals surface area contributed by atoms with Gasteiger partial charge < -0.3 is 24.8 Å². The lowest BCUT2D eigenvalue weighted by molar-refractivity contribution is -0.138. The van der Waals surface area contributed by atoms with Crippen LogP contribution in [-0.4, -0.2) is 33.6 Å². The van der Waals surface area contributed by atoms with E-state index in [1.165, 1.54) is 0 Å². The second-order valence-electron chi connectivity index (χ2n) is 11.4. The average Bonchev–Trinajstić information content (AvgIpc) is 2.83. The smallest absolute Gasteiger partial charge is 0.165 e. The number of fused-ring (bicyclic) bond motifs is 2. The topological polar surface area (TPSA) is 79.2 Å². The summed E-state index contributed by atoms with van der Waals surface area (Å²) in [4.78, 5) is 0. The molecule has 3 atom stereocenters. The van der Waals surface area contributed by atoms with E-state index in [1.54, 1.807) is 12.1 Å². The normalized spacial score (nSPS) is 23.9. The summed E-state index contributed by atoms with van der Waals surface area (Å²) in [5, 5.41) is 31.7. The maximum Gasteiger partial charge on any atom is 0.165 e. The lowest BCUT2D eigenvalue weighted by Gasteiger charge is -2.55. The number of aliphatic hydroxyl groups is 1. The molecule has 0 spiro atoms. The minimum absolute atomic E-state index is 0.0615. The van der Waals surface area contributed by atoms with Crippen molar-refractivity contribution in [2.24, 2.45) is 11.3 Å². The third kappa shape index (κ3) is 5.36. The number of phenols is 2. The van der Waals surface area contributed by atoms with Gasteiger partial charge in [-0.2, -0.15) is 0 Å². The van der Waals surface area contributed by atoms with Crippen molar-refractivity contribution in [2.75, 3.05) is 6.61 Å². The van der Waals surface area contributed by atoms with Gasteiger partial charge in [0.15, 0.2) is 11.5 Å². The molecule has 1 aliphatic heterocycles. The van der Waals surface area contributed by atoms with E-state index >= 15 is 0 Å². The lowest BCUT2D eigenvalue weighted by atomic mass is 9.57. The zero-order chi connectivity index (χ0) is 27.0. The molecule has 0 bridgehead atoms. The van der Waals surface area contributed by atoms with Gasteiger partial charge in [0.05, 0.1) is 6.10 Å². The highest BCUT2D eigenvalue weighted by molar-refractivity contribution is 5.73. The van der Waals surface area contributed by atoms with Crippen LogP contribution in [-0.2, 0) is 12.8 Å². The molecule has 2 aliphatic rings. The number of phenolic OH excluding ortho intramolecular Hbond substituents is 2. The van der Waals surface area contributed by atoms with Crippen molar-refractivity contribution >= 4 is 12.2 Å². The highest BCUT2D eigenvalue weighted by atomic mass is 16.5. The number of aromatic hydroxyl groups is 2. The third-order valence-electron chi connectivity index (χ3n) is 8.04. The summed E-state index contributed by atoms with van der Waals surface area (Å²) in [6.07, 6.45) is 13.5. The average molecular weight is 503 g/mol. The quantitative estimate of drug-likeness (QED) is 0.246. The van der Waals surface area contributed by atoms with Gasteiger partial charge in [-0.05, 0) is 92.8 Å². The Bertz CT molecular complexity index is 1250. The van der Waals surface area contributed by atoms with Crippen molar-refractivity contribution in [3.05, 3.63) is 58.2 Å². The molecule has 5 heteroatoms. The maximum absolute atomic E-state index is 10.7. The number of terminal acetylenes is 1. The molecule has 1 aliphatic carbocycles. The maximum atomic E-state index is 10.7. The third-order valence-corrected chi connectivity index (χ3v) is 8.04. The van der Waals surface area contributed by atoms with Crippen LogP contribution < -0.4 is 9.47 Å². The molecule has 0 unspecified atom stereocenters. The first-order valence-electron chi connectivity index (χ1n) is 12.9. The summed E-state index contributed by atoms with van der Waals surface area (Å²) in [5.41, 5.74) is 3.52. The van der Waals surface area contributed by atoms with Gasteiger partial charge in [0.25, 0.3) is 0 Å². The molecule has 4 rings (SSSR count). The molecular formula is C32H38O5. The highest BCUT2D eigenvalue weighted by Gasteiger charge is 2.54. The van der Waals surface area contributed by atoms with Crippen LogP contribution in [0.4, 0.5) is 0 Å². The van der Waals surface area contributed by atoms with Gasteiger partial charge in [0, 0.05) is 11.5 Å².